The number of likely N-dealkylation sites (tertiary alicyclic amines) is 1. The molecule has 2 saturated heterocycles. The third kappa shape index (κ3) is 6.77. The minimum absolute atomic E-state index is 0.0142. The van der Waals surface area contributed by atoms with Gasteiger partial charge in [-0.2, -0.15) is 0 Å². The van der Waals surface area contributed by atoms with E-state index in [0.717, 1.165) is 51.2 Å². The second kappa shape index (κ2) is 12.1. The predicted molar refractivity (Wildman–Crippen MR) is 169 cm³/mol. The van der Waals surface area contributed by atoms with Crippen molar-refractivity contribution in [2.24, 2.45) is 5.41 Å². The Labute approximate surface area is 264 Å². The van der Waals surface area contributed by atoms with Gasteiger partial charge in [-0.3, -0.25) is 9.69 Å². The lowest BCUT2D eigenvalue weighted by molar-refractivity contribution is -0.153. The van der Waals surface area contributed by atoms with Crippen LogP contribution in [-0.4, -0.2) is 74.6 Å². The number of rotatable bonds is 6. The molecule has 232 valence electrons. The maximum atomic E-state index is 14.4. The molecule has 3 aromatic rings. The van der Waals surface area contributed by atoms with E-state index in [9.17, 15) is 9.18 Å². The minimum Gasteiger partial charge on any atom is -0.372 e. The summed E-state index contributed by atoms with van der Waals surface area (Å²) >= 11 is 12.4. The van der Waals surface area contributed by atoms with Gasteiger partial charge in [-0.15, -0.1) is 5.10 Å². The highest BCUT2D eigenvalue weighted by molar-refractivity contribution is 6.42. The van der Waals surface area contributed by atoms with Crippen LogP contribution in [-0.2, 0) is 11.2 Å². The fourth-order valence-corrected chi connectivity index (χ4v) is 6.30. The number of amides is 1. The van der Waals surface area contributed by atoms with Crippen molar-refractivity contribution < 1.29 is 13.9 Å². The van der Waals surface area contributed by atoms with Crippen molar-refractivity contribution in [3.05, 3.63) is 69.7 Å². The molecular weight excluding hydrogens is 588 g/mol. The molecule has 0 N–H and O–H groups in total. The Hall–Kier alpha value is -2.52. The average molecular weight is 631 g/mol. The van der Waals surface area contributed by atoms with Crippen molar-refractivity contribution in [1.29, 1.82) is 0 Å². The summed E-state index contributed by atoms with van der Waals surface area (Å²) in [6.45, 7) is 16.9. The summed E-state index contributed by atoms with van der Waals surface area (Å²) in [6, 6.07) is 9.31. The highest BCUT2D eigenvalue weighted by Crippen LogP contribution is 2.38. The van der Waals surface area contributed by atoms with Crippen LogP contribution in [0.4, 0.5) is 4.39 Å². The number of halogens is 3. The Morgan fingerprint density at radius 3 is 2.60 bits per heavy atom. The molecule has 0 radical (unpaired) electrons. The summed E-state index contributed by atoms with van der Waals surface area (Å²) in [5.41, 5.74) is 1.92. The van der Waals surface area contributed by atoms with Crippen molar-refractivity contribution in [2.75, 3.05) is 32.8 Å². The Bertz CT molecular complexity index is 1490. The van der Waals surface area contributed by atoms with Gasteiger partial charge in [0.25, 0.3) is 5.91 Å². The smallest absolute Gasteiger partial charge is 0.255 e. The Morgan fingerprint density at radius 2 is 1.88 bits per heavy atom. The van der Waals surface area contributed by atoms with E-state index in [0.29, 0.717) is 33.3 Å². The summed E-state index contributed by atoms with van der Waals surface area (Å²) in [5.74, 6) is -0.589. The van der Waals surface area contributed by atoms with Crippen LogP contribution < -0.4 is 0 Å². The number of morpholine rings is 1. The zero-order valence-electron chi connectivity index (χ0n) is 26.0. The number of carbonyl (C=O) groups is 1. The Morgan fingerprint density at radius 1 is 1.12 bits per heavy atom. The van der Waals surface area contributed by atoms with Crippen LogP contribution in [0.3, 0.4) is 0 Å². The SMILES string of the molecule is CC1(C)CCC(n2cc(CCN3CCOC(C)(C(C)(C)C)C3)nn2)CN1C(=O)c1ccc(F)cc1-c1ccc(Cl)c(Cl)c1. The molecule has 10 heteroatoms. The Balaban J connectivity index is 1.31. The van der Waals surface area contributed by atoms with Crippen LogP contribution in [0.2, 0.25) is 10.0 Å². The molecule has 5 rings (SSSR count). The van der Waals surface area contributed by atoms with Gasteiger partial charge in [0, 0.05) is 49.9 Å². The molecule has 0 spiro atoms. The molecule has 7 nitrogen and oxygen atoms in total. The van der Waals surface area contributed by atoms with E-state index >= 15 is 0 Å². The van der Waals surface area contributed by atoms with Crippen molar-refractivity contribution in [2.45, 2.75) is 78.0 Å². The summed E-state index contributed by atoms with van der Waals surface area (Å²) in [5, 5.41) is 9.72. The molecule has 1 aromatic heterocycles. The molecule has 0 saturated carbocycles. The van der Waals surface area contributed by atoms with Gasteiger partial charge in [-0.1, -0.05) is 55.3 Å². The lowest BCUT2D eigenvalue weighted by atomic mass is 9.76. The molecule has 2 aliphatic rings. The zero-order valence-corrected chi connectivity index (χ0v) is 27.5. The second-order valence-electron chi connectivity index (χ2n) is 13.8. The van der Waals surface area contributed by atoms with E-state index in [2.05, 4.69) is 56.8 Å². The fraction of sp³-hybridized carbons (Fsp3) is 0.545. The summed E-state index contributed by atoms with van der Waals surface area (Å²) in [4.78, 5) is 18.5. The molecule has 2 unspecified atom stereocenters. The molecule has 2 aliphatic heterocycles. The number of benzene rings is 2. The first-order valence-electron chi connectivity index (χ1n) is 15.0. The van der Waals surface area contributed by atoms with Crippen molar-refractivity contribution in [1.82, 2.24) is 24.8 Å². The van der Waals surface area contributed by atoms with E-state index in [4.69, 9.17) is 27.9 Å². The topological polar surface area (TPSA) is 63.5 Å². The normalized spacial score (nSPS) is 23.0. The van der Waals surface area contributed by atoms with Crippen LogP contribution in [0.15, 0.2) is 42.6 Å². The first-order valence-corrected chi connectivity index (χ1v) is 15.8. The van der Waals surface area contributed by atoms with Gasteiger partial charge in [0.15, 0.2) is 0 Å². The molecule has 1 amide bonds. The van der Waals surface area contributed by atoms with Gasteiger partial charge in [-0.05, 0) is 80.5 Å². The monoisotopic (exact) mass is 629 g/mol. The van der Waals surface area contributed by atoms with Crippen molar-refractivity contribution in [3.63, 3.8) is 0 Å². The average Bonchev–Trinajstić information content (AvgIpc) is 3.41. The maximum absolute atomic E-state index is 14.4. The van der Waals surface area contributed by atoms with E-state index in [1.54, 1.807) is 24.3 Å². The molecule has 2 atom stereocenters. The van der Waals surface area contributed by atoms with Gasteiger partial charge < -0.3 is 9.64 Å². The van der Waals surface area contributed by atoms with Gasteiger partial charge in [0.05, 0.1) is 34.0 Å². The molecule has 2 fully saturated rings. The number of aromatic nitrogens is 3. The van der Waals surface area contributed by atoms with E-state index in [1.165, 1.54) is 12.1 Å². The van der Waals surface area contributed by atoms with E-state index < -0.39 is 11.4 Å². The molecule has 0 aliphatic carbocycles. The summed E-state index contributed by atoms with van der Waals surface area (Å²) < 4.78 is 22.5. The molecule has 0 bridgehead atoms. The zero-order chi connectivity index (χ0) is 31.2. The van der Waals surface area contributed by atoms with Crippen LogP contribution in [0, 0.1) is 11.2 Å². The van der Waals surface area contributed by atoms with Gasteiger partial charge in [0.1, 0.15) is 5.82 Å². The quantitative estimate of drug-likeness (QED) is 0.286. The molecule has 3 heterocycles. The lowest BCUT2D eigenvalue weighted by Crippen LogP contribution is -2.56. The van der Waals surface area contributed by atoms with E-state index in [1.807, 2.05) is 15.8 Å². The fourth-order valence-electron chi connectivity index (χ4n) is 6.00. The number of carbonyl (C=O) groups excluding carboxylic acids is 1. The molecule has 2 aromatic carbocycles. The van der Waals surface area contributed by atoms with Gasteiger partial charge in [0.2, 0.25) is 0 Å². The van der Waals surface area contributed by atoms with Crippen LogP contribution in [0.1, 0.15) is 76.5 Å². The minimum atomic E-state index is -0.427. The van der Waals surface area contributed by atoms with Crippen LogP contribution in [0.5, 0.6) is 0 Å². The largest absolute Gasteiger partial charge is 0.372 e. The molecule has 43 heavy (non-hydrogen) atoms. The van der Waals surface area contributed by atoms with Crippen LogP contribution >= 0.6 is 23.2 Å². The first-order chi connectivity index (χ1) is 20.2. The first kappa shape index (κ1) is 31.9. The number of ether oxygens (including phenoxy) is 1. The van der Waals surface area contributed by atoms with E-state index in [-0.39, 0.29) is 23.0 Å². The predicted octanol–water partition coefficient (Wildman–Crippen LogP) is 7.33. The number of hydrogen-bond acceptors (Lipinski definition) is 5. The molecular formula is C33H42Cl2FN5O2. The third-order valence-corrected chi connectivity index (χ3v) is 10.2. The summed E-state index contributed by atoms with van der Waals surface area (Å²) in [7, 11) is 0. The van der Waals surface area contributed by atoms with Gasteiger partial charge in [-0.25, -0.2) is 9.07 Å². The summed E-state index contributed by atoms with van der Waals surface area (Å²) in [6.07, 6.45) is 4.48. The van der Waals surface area contributed by atoms with Crippen molar-refractivity contribution in [3.8, 4) is 11.1 Å². The second-order valence-corrected chi connectivity index (χ2v) is 14.6. The van der Waals surface area contributed by atoms with Crippen LogP contribution in [0.25, 0.3) is 11.1 Å². The maximum Gasteiger partial charge on any atom is 0.255 e. The third-order valence-electron chi connectivity index (χ3n) is 9.46. The highest BCUT2D eigenvalue weighted by Gasteiger charge is 2.42. The Kier molecular flexibility index (Phi) is 8.98. The highest BCUT2D eigenvalue weighted by atomic mass is 35.5. The van der Waals surface area contributed by atoms with Crippen molar-refractivity contribution >= 4 is 29.1 Å². The van der Waals surface area contributed by atoms with Gasteiger partial charge >= 0.3 is 0 Å². The lowest BCUT2D eigenvalue weighted by Gasteiger charge is -2.48. The standard InChI is InChI=1S/C33H42Cl2FN5O2/c1-31(2,3)33(6)21-39(15-16-43-33)14-12-24-19-41(38-37-24)25-11-13-32(4,5)40(20-25)30(42)26-9-8-23(36)18-27(26)22-7-10-28(34)29(35)17-22/h7-10,17-19,25H,11-16,20-21H2,1-6H3. The number of nitrogens with zero attached hydrogens (tertiary/aromatic N) is 5. The number of piperidine rings is 1. The number of hydrogen-bond donors (Lipinski definition) is 0.